The zero-order valence-corrected chi connectivity index (χ0v) is 13.8. The molecule has 0 unspecified atom stereocenters. The maximum absolute atomic E-state index is 11.8. The summed E-state index contributed by atoms with van der Waals surface area (Å²) in [5.74, 6) is -0.0808. The Hall–Kier alpha value is -1.83. The normalized spacial score (nSPS) is 16.3. The van der Waals surface area contributed by atoms with Crippen LogP contribution < -0.4 is 5.32 Å². The number of aromatic nitrogens is 2. The van der Waals surface area contributed by atoms with Gasteiger partial charge in [0.25, 0.3) is 5.91 Å². The molecule has 0 bridgehead atoms. The van der Waals surface area contributed by atoms with E-state index in [1.54, 1.807) is 0 Å². The molecule has 3 rings (SSSR count). The molecule has 1 N–H and O–H groups in total. The van der Waals surface area contributed by atoms with Gasteiger partial charge in [0.2, 0.25) is 0 Å². The van der Waals surface area contributed by atoms with Crippen LogP contribution in [0, 0.1) is 0 Å². The lowest BCUT2D eigenvalue weighted by Gasteiger charge is -2.34. The predicted octanol–water partition coefficient (Wildman–Crippen LogP) is 1.09. The average molecular weight is 331 g/mol. The molecule has 6 nitrogen and oxygen atoms in total. The van der Waals surface area contributed by atoms with Gasteiger partial charge in [0.05, 0.1) is 6.20 Å². The van der Waals surface area contributed by atoms with Crippen molar-refractivity contribution in [3.05, 3.63) is 47.0 Å². The van der Waals surface area contributed by atoms with E-state index < -0.39 is 0 Å². The highest BCUT2D eigenvalue weighted by Crippen LogP contribution is 2.08. The highest BCUT2D eigenvalue weighted by molar-refractivity contribution is 7.07. The fourth-order valence-corrected chi connectivity index (χ4v) is 3.13. The Morgan fingerprint density at radius 3 is 2.57 bits per heavy atom. The van der Waals surface area contributed by atoms with Crippen LogP contribution in [0.1, 0.15) is 15.2 Å². The van der Waals surface area contributed by atoms with Crippen LogP contribution in [0.5, 0.6) is 0 Å². The smallest absolute Gasteiger partial charge is 0.264 e. The molecule has 1 saturated heterocycles. The van der Waals surface area contributed by atoms with Gasteiger partial charge in [-0.1, -0.05) is 34.8 Å². The summed E-state index contributed by atoms with van der Waals surface area (Å²) in [4.78, 5) is 17.2. The number of benzene rings is 1. The van der Waals surface area contributed by atoms with E-state index in [1.165, 1.54) is 11.8 Å². The highest BCUT2D eigenvalue weighted by Gasteiger charge is 2.17. The third-order valence-corrected chi connectivity index (χ3v) is 4.68. The first-order valence-corrected chi connectivity index (χ1v) is 8.63. The molecule has 2 aromatic rings. The van der Waals surface area contributed by atoms with Crippen LogP contribution in [0.15, 0.2) is 36.5 Å². The van der Waals surface area contributed by atoms with Crippen molar-refractivity contribution in [2.45, 2.75) is 6.54 Å². The fraction of sp³-hybridized carbons (Fsp3) is 0.438. The van der Waals surface area contributed by atoms with E-state index in [2.05, 4.69) is 55.0 Å². The second-order valence-electron chi connectivity index (χ2n) is 5.64. The van der Waals surface area contributed by atoms with Gasteiger partial charge >= 0.3 is 0 Å². The van der Waals surface area contributed by atoms with Gasteiger partial charge in [-0.15, -0.1) is 5.10 Å². The van der Waals surface area contributed by atoms with E-state index >= 15 is 0 Å². The zero-order valence-electron chi connectivity index (χ0n) is 13.0. The van der Waals surface area contributed by atoms with Crippen molar-refractivity contribution < 1.29 is 4.79 Å². The maximum atomic E-state index is 11.8. The highest BCUT2D eigenvalue weighted by atomic mass is 32.1. The first-order valence-electron chi connectivity index (χ1n) is 7.85. The van der Waals surface area contributed by atoms with Crippen LogP contribution in [0.4, 0.5) is 0 Å². The molecular weight excluding hydrogens is 310 g/mol. The molecule has 0 radical (unpaired) electrons. The number of carbonyl (C=O) groups excluding carboxylic acids is 1. The molecule has 0 saturated carbocycles. The SMILES string of the molecule is O=C(NCCN1CCN(Cc2ccccc2)CC1)c1cnns1. The lowest BCUT2D eigenvalue weighted by atomic mass is 10.2. The molecule has 2 heterocycles. The molecule has 1 aliphatic heterocycles. The van der Waals surface area contributed by atoms with Crippen LogP contribution in [-0.2, 0) is 6.54 Å². The van der Waals surface area contributed by atoms with Gasteiger partial charge in [-0.25, -0.2) is 0 Å². The summed E-state index contributed by atoms with van der Waals surface area (Å²) in [5, 5.41) is 6.60. The molecule has 1 aromatic carbocycles. The molecule has 0 atom stereocenters. The van der Waals surface area contributed by atoms with Gasteiger partial charge in [0.15, 0.2) is 0 Å². The summed E-state index contributed by atoms with van der Waals surface area (Å²) in [5.41, 5.74) is 1.37. The number of hydrogen-bond acceptors (Lipinski definition) is 6. The largest absolute Gasteiger partial charge is 0.350 e. The van der Waals surface area contributed by atoms with Crippen molar-refractivity contribution >= 4 is 17.4 Å². The van der Waals surface area contributed by atoms with Gasteiger partial charge < -0.3 is 5.32 Å². The Morgan fingerprint density at radius 2 is 1.87 bits per heavy atom. The number of hydrogen-bond donors (Lipinski definition) is 1. The Bertz CT molecular complexity index is 596. The van der Waals surface area contributed by atoms with Crippen molar-refractivity contribution in [2.24, 2.45) is 0 Å². The number of carbonyl (C=O) groups is 1. The van der Waals surface area contributed by atoms with E-state index in [0.717, 1.165) is 50.8 Å². The minimum absolute atomic E-state index is 0.0808. The molecule has 7 heteroatoms. The molecule has 1 fully saturated rings. The molecule has 1 aromatic heterocycles. The standard InChI is InChI=1S/C16H21N5OS/c22-16(15-12-18-19-23-15)17-6-7-20-8-10-21(11-9-20)13-14-4-2-1-3-5-14/h1-5,12H,6-11,13H2,(H,17,22). The van der Waals surface area contributed by atoms with Crippen molar-refractivity contribution in [3.8, 4) is 0 Å². The number of amides is 1. The van der Waals surface area contributed by atoms with Crippen molar-refractivity contribution in [2.75, 3.05) is 39.3 Å². The van der Waals surface area contributed by atoms with Crippen LogP contribution in [0.3, 0.4) is 0 Å². The summed E-state index contributed by atoms with van der Waals surface area (Å²) < 4.78 is 3.70. The number of rotatable bonds is 6. The molecule has 0 aliphatic carbocycles. The fourth-order valence-electron chi connectivity index (χ4n) is 2.69. The number of piperazine rings is 1. The second kappa shape index (κ2) is 8.14. The lowest BCUT2D eigenvalue weighted by molar-refractivity contribution is 0.0938. The lowest BCUT2D eigenvalue weighted by Crippen LogP contribution is -2.48. The van der Waals surface area contributed by atoms with Crippen LogP contribution in [0.25, 0.3) is 0 Å². The molecule has 23 heavy (non-hydrogen) atoms. The summed E-state index contributed by atoms with van der Waals surface area (Å²) in [6.07, 6.45) is 1.50. The van der Waals surface area contributed by atoms with Gasteiger partial charge in [-0.05, 0) is 17.1 Å². The Kier molecular flexibility index (Phi) is 5.68. The quantitative estimate of drug-likeness (QED) is 0.858. The van der Waals surface area contributed by atoms with Crippen LogP contribution in [0.2, 0.25) is 0 Å². The van der Waals surface area contributed by atoms with Crippen molar-refractivity contribution in [1.29, 1.82) is 0 Å². The predicted molar refractivity (Wildman–Crippen MR) is 90.4 cm³/mol. The Morgan fingerprint density at radius 1 is 1.13 bits per heavy atom. The molecule has 1 amide bonds. The van der Waals surface area contributed by atoms with E-state index in [0.29, 0.717) is 11.4 Å². The maximum Gasteiger partial charge on any atom is 0.264 e. The number of nitrogens with one attached hydrogen (secondary N) is 1. The summed E-state index contributed by atoms with van der Waals surface area (Å²) in [6.45, 7) is 6.80. The van der Waals surface area contributed by atoms with Crippen molar-refractivity contribution in [3.63, 3.8) is 0 Å². The Labute approximate surface area is 140 Å². The van der Waals surface area contributed by atoms with E-state index in [4.69, 9.17) is 0 Å². The summed E-state index contributed by atoms with van der Waals surface area (Å²) in [6, 6.07) is 10.6. The van der Waals surface area contributed by atoms with Gasteiger partial charge in [0.1, 0.15) is 4.88 Å². The first kappa shape index (κ1) is 16.0. The monoisotopic (exact) mass is 331 g/mol. The van der Waals surface area contributed by atoms with E-state index in [9.17, 15) is 4.79 Å². The topological polar surface area (TPSA) is 61.4 Å². The average Bonchev–Trinajstić information content (AvgIpc) is 3.12. The zero-order chi connectivity index (χ0) is 15.9. The Balaban J connectivity index is 1.34. The summed E-state index contributed by atoms with van der Waals surface area (Å²) >= 11 is 1.12. The second-order valence-corrected chi connectivity index (χ2v) is 6.43. The third kappa shape index (κ3) is 4.82. The van der Waals surface area contributed by atoms with E-state index in [1.807, 2.05) is 0 Å². The van der Waals surface area contributed by atoms with Gasteiger partial charge in [-0.3, -0.25) is 14.6 Å². The molecule has 122 valence electrons. The van der Waals surface area contributed by atoms with Gasteiger partial charge in [0, 0.05) is 45.8 Å². The molecule has 1 aliphatic rings. The van der Waals surface area contributed by atoms with Crippen LogP contribution >= 0.6 is 11.5 Å². The molecule has 0 spiro atoms. The minimum atomic E-state index is -0.0808. The van der Waals surface area contributed by atoms with Crippen LogP contribution in [-0.4, -0.2) is 64.6 Å². The first-order chi connectivity index (χ1) is 11.3. The molecular formula is C16H21N5OS. The minimum Gasteiger partial charge on any atom is -0.350 e. The van der Waals surface area contributed by atoms with Crippen molar-refractivity contribution in [1.82, 2.24) is 24.7 Å². The third-order valence-electron chi connectivity index (χ3n) is 4.01. The van der Waals surface area contributed by atoms with Gasteiger partial charge in [-0.2, -0.15) is 0 Å². The number of nitrogens with zero attached hydrogens (tertiary/aromatic N) is 4. The summed E-state index contributed by atoms with van der Waals surface area (Å²) in [7, 11) is 0. The van der Waals surface area contributed by atoms with E-state index in [-0.39, 0.29) is 5.91 Å².